The number of hydrogen-bond acceptors (Lipinski definition) is 5. The summed E-state index contributed by atoms with van der Waals surface area (Å²) < 4.78 is 78.7. The number of halogens is 6. The molecule has 0 bridgehead atoms. The van der Waals surface area contributed by atoms with Gasteiger partial charge in [0, 0.05) is 29.7 Å². The molecule has 3 aromatic heterocycles. The van der Waals surface area contributed by atoms with Gasteiger partial charge in [-0.1, -0.05) is 6.07 Å². The Labute approximate surface area is 163 Å². The zero-order valence-electron chi connectivity index (χ0n) is 14.6. The molecule has 1 amide bonds. The normalized spacial score (nSPS) is 12.8. The van der Waals surface area contributed by atoms with E-state index in [0.29, 0.717) is 17.7 Å². The molecule has 0 aliphatic rings. The summed E-state index contributed by atoms with van der Waals surface area (Å²) in [7, 11) is 0. The second-order valence-corrected chi connectivity index (χ2v) is 5.82. The Morgan fingerprint density at radius 3 is 2.20 bits per heavy atom. The number of aromatic nitrogens is 5. The number of nitrogens with zero attached hydrogens (tertiary/aromatic N) is 5. The van der Waals surface area contributed by atoms with Crippen LogP contribution in [0, 0.1) is 0 Å². The highest BCUT2D eigenvalue weighted by Crippen LogP contribution is 2.35. The van der Waals surface area contributed by atoms with E-state index in [-0.39, 0.29) is 5.57 Å². The summed E-state index contributed by atoms with van der Waals surface area (Å²) in [6.45, 7) is 0. The smallest absolute Gasteiger partial charge is 0.366 e. The number of pyridine rings is 2. The van der Waals surface area contributed by atoms with Gasteiger partial charge in [0.05, 0.1) is 5.57 Å². The maximum atomic E-state index is 13.0. The van der Waals surface area contributed by atoms with E-state index in [2.05, 4.69) is 20.1 Å². The molecule has 0 aliphatic heterocycles. The third-order valence-corrected chi connectivity index (χ3v) is 3.67. The van der Waals surface area contributed by atoms with Crippen molar-refractivity contribution in [2.24, 2.45) is 5.73 Å². The van der Waals surface area contributed by atoms with Gasteiger partial charge in [-0.25, -0.2) is 14.6 Å². The first-order valence-corrected chi connectivity index (χ1v) is 7.95. The van der Waals surface area contributed by atoms with E-state index < -0.39 is 41.0 Å². The Morgan fingerprint density at radius 2 is 1.70 bits per heavy atom. The summed E-state index contributed by atoms with van der Waals surface area (Å²) >= 11 is 0. The van der Waals surface area contributed by atoms with Crippen molar-refractivity contribution in [1.29, 1.82) is 0 Å². The SMILES string of the molecule is NC(=O)/C(=C/n1cnc(-c2cc(C(F)(F)F)nc(C(F)(F)F)c2)n1)c1cccnc1. The molecule has 2 N–H and O–H groups in total. The molecule has 156 valence electrons. The summed E-state index contributed by atoms with van der Waals surface area (Å²) in [6.07, 6.45) is -5.32. The Kier molecular flexibility index (Phi) is 5.29. The van der Waals surface area contributed by atoms with Crippen LogP contribution in [0.4, 0.5) is 26.3 Å². The van der Waals surface area contributed by atoms with Crippen LogP contribution in [-0.2, 0) is 17.1 Å². The summed E-state index contributed by atoms with van der Waals surface area (Å²) in [5.41, 5.74) is 1.54. The van der Waals surface area contributed by atoms with E-state index in [0.717, 1.165) is 17.2 Å². The van der Waals surface area contributed by atoms with Gasteiger partial charge in [-0.3, -0.25) is 9.78 Å². The number of carbonyl (C=O) groups is 1. The van der Waals surface area contributed by atoms with Crippen LogP contribution < -0.4 is 5.73 Å². The number of rotatable bonds is 4. The quantitative estimate of drug-likeness (QED) is 0.508. The summed E-state index contributed by atoms with van der Waals surface area (Å²) in [5.74, 6) is -1.30. The third kappa shape index (κ3) is 4.61. The van der Waals surface area contributed by atoms with Crippen LogP contribution in [0.5, 0.6) is 0 Å². The monoisotopic (exact) mass is 428 g/mol. The van der Waals surface area contributed by atoms with Crippen LogP contribution in [0.25, 0.3) is 23.2 Å². The number of nitrogens with two attached hydrogens (primary N) is 1. The lowest BCUT2D eigenvalue weighted by molar-refractivity contribution is -0.150. The standard InChI is InChI=1S/C17H10F6N6O/c18-16(19,20)12-4-10(5-13(27-12)17(21,22)23)15-26-8-29(28-15)7-11(14(24)30)9-2-1-3-25-6-9/h1-8H,(H2,24,30)/b11-7+. The van der Waals surface area contributed by atoms with Gasteiger partial charge < -0.3 is 5.73 Å². The van der Waals surface area contributed by atoms with E-state index in [1.807, 2.05) is 0 Å². The molecular formula is C17H10F6N6O. The van der Waals surface area contributed by atoms with Gasteiger partial charge in [-0.15, -0.1) is 5.10 Å². The molecule has 0 unspecified atom stereocenters. The fourth-order valence-electron chi connectivity index (χ4n) is 2.35. The average molecular weight is 428 g/mol. The first kappa shape index (κ1) is 21.0. The van der Waals surface area contributed by atoms with Crippen molar-refractivity contribution in [3.63, 3.8) is 0 Å². The molecule has 0 saturated carbocycles. The van der Waals surface area contributed by atoms with Crippen molar-refractivity contribution >= 4 is 17.7 Å². The van der Waals surface area contributed by atoms with Crippen LogP contribution in [0.1, 0.15) is 17.0 Å². The summed E-state index contributed by atoms with van der Waals surface area (Å²) in [6, 6.07) is 3.85. The van der Waals surface area contributed by atoms with Crippen molar-refractivity contribution < 1.29 is 31.1 Å². The first-order chi connectivity index (χ1) is 13.9. The zero-order chi connectivity index (χ0) is 22.1. The maximum absolute atomic E-state index is 13.0. The largest absolute Gasteiger partial charge is 0.433 e. The van der Waals surface area contributed by atoms with E-state index in [4.69, 9.17) is 5.73 Å². The van der Waals surface area contributed by atoms with Crippen molar-refractivity contribution in [3.8, 4) is 11.4 Å². The minimum atomic E-state index is -5.11. The van der Waals surface area contributed by atoms with Crippen molar-refractivity contribution in [2.75, 3.05) is 0 Å². The third-order valence-electron chi connectivity index (χ3n) is 3.67. The number of carbonyl (C=O) groups excluding carboxylic acids is 1. The molecule has 0 spiro atoms. The van der Waals surface area contributed by atoms with Gasteiger partial charge >= 0.3 is 12.4 Å². The summed E-state index contributed by atoms with van der Waals surface area (Å²) in [5, 5.41) is 3.81. The zero-order valence-corrected chi connectivity index (χ0v) is 14.6. The Hall–Kier alpha value is -3.77. The lowest BCUT2D eigenvalue weighted by atomic mass is 10.1. The highest BCUT2D eigenvalue weighted by molar-refractivity contribution is 6.22. The van der Waals surface area contributed by atoms with Gasteiger partial charge in [-0.05, 0) is 18.2 Å². The Morgan fingerprint density at radius 1 is 1.07 bits per heavy atom. The van der Waals surface area contributed by atoms with Gasteiger partial charge in [0.1, 0.15) is 17.7 Å². The predicted molar refractivity (Wildman–Crippen MR) is 90.9 cm³/mol. The Balaban J connectivity index is 2.06. The number of amides is 1. The van der Waals surface area contributed by atoms with Crippen LogP contribution in [0.3, 0.4) is 0 Å². The highest BCUT2D eigenvalue weighted by Gasteiger charge is 2.39. The molecular weight excluding hydrogens is 418 g/mol. The van der Waals surface area contributed by atoms with Gasteiger partial charge in [0.15, 0.2) is 5.82 Å². The second-order valence-electron chi connectivity index (χ2n) is 5.82. The molecule has 3 heterocycles. The first-order valence-electron chi connectivity index (χ1n) is 7.95. The second kappa shape index (κ2) is 7.57. The molecule has 3 aromatic rings. The van der Waals surface area contributed by atoms with Gasteiger partial charge in [-0.2, -0.15) is 26.3 Å². The molecule has 0 saturated heterocycles. The molecule has 7 nitrogen and oxygen atoms in total. The average Bonchev–Trinajstić information content (AvgIpc) is 3.13. The number of hydrogen-bond donors (Lipinski definition) is 1. The van der Waals surface area contributed by atoms with Crippen molar-refractivity contribution in [2.45, 2.75) is 12.4 Å². The topological polar surface area (TPSA) is 99.6 Å². The lowest BCUT2D eigenvalue weighted by Crippen LogP contribution is -2.15. The molecule has 0 aliphatic carbocycles. The fraction of sp³-hybridized carbons (Fsp3) is 0.118. The molecule has 13 heteroatoms. The van der Waals surface area contributed by atoms with Crippen LogP contribution in [0.15, 0.2) is 43.0 Å². The summed E-state index contributed by atoms with van der Waals surface area (Å²) in [4.78, 5) is 21.9. The molecule has 3 rings (SSSR count). The van der Waals surface area contributed by atoms with Crippen LogP contribution >= 0.6 is 0 Å². The fourth-order valence-corrected chi connectivity index (χ4v) is 2.35. The predicted octanol–water partition coefficient (Wildman–Crippen LogP) is 3.26. The molecule has 0 fully saturated rings. The minimum absolute atomic E-state index is 0.0544. The van der Waals surface area contributed by atoms with Gasteiger partial charge in [0.2, 0.25) is 0 Å². The number of primary amides is 1. The lowest BCUT2D eigenvalue weighted by Gasteiger charge is -2.11. The molecule has 0 radical (unpaired) electrons. The van der Waals surface area contributed by atoms with Crippen molar-refractivity contribution in [1.82, 2.24) is 24.7 Å². The minimum Gasteiger partial charge on any atom is -0.366 e. The Bertz CT molecular complexity index is 1070. The van der Waals surface area contributed by atoms with E-state index >= 15 is 0 Å². The maximum Gasteiger partial charge on any atom is 0.433 e. The van der Waals surface area contributed by atoms with Crippen LogP contribution in [-0.4, -0.2) is 30.6 Å². The number of alkyl halides is 6. The highest BCUT2D eigenvalue weighted by atomic mass is 19.4. The van der Waals surface area contributed by atoms with E-state index in [9.17, 15) is 31.1 Å². The molecule has 0 aromatic carbocycles. The van der Waals surface area contributed by atoms with Crippen molar-refractivity contribution in [3.05, 3.63) is 59.9 Å². The molecule has 30 heavy (non-hydrogen) atoms. The van der Waals surface area contributed by atoms with Crippen LogP contribution in [0.2, 0.25) is 0 Å². The van der Waals surface area contributed by atoms with E-state index in [1.54, 1.807) is 0 Å². The van der Waals surface area contributed by atoms with Gasteiger partial charge in [0.25, 0.3) is 5.91 Å². The van der Waals surface area contributed by atoms with E-state index in [1.165, 1.54) is 24.5 Å². The molecule has 0 atom stereocenters.